The highest BCUT2D eigenvalue weighted by atomic mass is 32.1. The van der Waals surface area contributed by atoms with E-state index in [0.717, 1.165) is 53.3 Å². The molecule has 0 radical (unpaired) electrons. The first kappa shape index (κ1) is 17.6. The second kappa shape index (κ2) is 8.28. The van der Waals surface area contributed by atoms with Gasteiger partial charge in [-0.3, -0.25) is 0 Å². The number of H-pyrrole nitrogens is 1. The van der Waals surface area contributed by atoms with Crippen LogP contribution >= 0.6 is 12.2 Å². The van der Waals surface area contributed by atoms with Gasteiger partial charge in [-0.15, -0.1) is 0 Å². The highest BCUT2D eigenvalue weighted by molar-refractivity contribution is 7.80. The van der Waals surface area contributed by atoms with Gasteiger partial charge < -0.3 is 4.98 Å². The molecule has 1 aliphatic rings. The van der Waals surface area contributed by atoms with Crippen LogP contribution in [-0.4, -0.2) is 14.8 Å². The average molecular weight is 371 g/mol. The highest BCUT2D eigenvalue weighted by Gasteiger charge is 2.14. The van der Waals surface area contributed by atoms with Gasteiger partial charge in [-0.05, 0) is 24.5 Å². The lowest BCUT2D eigenvalue weighted by atomic mass is 10.0. The Bertz CT molecular complexity index is 925. The Hall–Kier alpha value is -2.78. The topological polar surface area (TPSA) is 28.7 Å². The molecule has 1 aliphatic carbocycles. The molecule has 0 atom stereocenters. The van der Waals surface area contributed by atoms with Gasteiger partial charge >= 0.3 is 0 Å². The number of aromatic nitrogens is 2. The number of hydrogen-bond donors (Lipinski definition) is 1. The minimum Gasteiger partial charge on any atom is -0.341 e. The van der Waals surface area contributed by atoms with Crippen LogP contribution in [0.5, 0.6) is 0 Å². The molecular formula is C24H22N2S. The van der Waals surface area contributed by atoms with Gasteiger partial charge in [-0.25, -0.2) is 4.98 Å². The number of thiocarbonyl (C=S) groups is 1. The standard InChI is InChI=1S/C24H22N2S/c27-21-15-7-9-18(17-21)10-8-16-22-25-23(19-11-3-1-4-12-19)24(26-22)20-13-5-2-6-14-20/h1-7,9,11-14,17H,8,10,15-16H2,(H,25,26). The lowest BCUT2D eigenvalue weighted by molar-refractivity contribution is 0.786. The van der Waals surface area contributed by atoms with Crippen LogP contribution in [0, 0.1) is 0 Å². The number of nitrogens with zero attached hydrogens (tertiary/aromatic N) is 1. The maximum atomic E-state index is 5.31. The molecule has 1 N–H and O–H groups in total. The summed E-state index contributed by atoms with van der Waals surface area (Å²) in [6.07, 6.45) is 10.4. The molecule has 4 rings (SSSR count). The summed E-state index contributed by atoms with van der Waals surface area (Å²) in [4.78, 5) is 9.54. The van der Waals surface area contributed by atoms with Gasteiger partial charge in [0.25, 0.3) is 0 Å². The lowest BCUT2D eigenvalue weighted by Crippen LogP contribution is -1.96. The summed E-state index contributed by atoms with van der Waals surface area (Å²) >= 11 is 5.31. The van der Waals surface area contributed by atoms with Crippen LogP contribution in [0.3, 0.4) is 0 Å². The monoisotopic (exact) mass is 370 g/mol. The molecule has 0 saturated heterocycles. The summed E-state index contributed by atoms with van der Waals surface area (Å²) in [6, 6.07) is 20.8. The van der Waals surface area contributed by atoms with E-state index >= 15 is 0 Å². The summed E-state index contributed by atoms with van der Waals surface area (Å²) in [6.45, 7) is 0. The molecule has 0 amide bonds. The molecule has 2 aromatic carbocycles. The molecule has 0 unspecified atom stereocenters. The first-order chi connectivity index (χ1) is 13.3. The zero-order valence-corrected chi connectivity index (χ0v) is 16.0. The fraction of sp³-hybridized carbons (Fsp3) is 0.167. The molecule has 1 heterocycles. The zero-order valence-electron chi connectivity index (χ0n) is 15.2. The van der Waals surface area contributed by atoms with E-state index in [4.69, 9.17) is 17.2 Å². The van der Waals surface area contributed by atoms with Crippen LogP contribution in [0.15, 0.2) is 84.5 Å². The minimum atomic E-state index is 0.901. The maximum Gasteiger partial charge on any atom is 0.107 e. The molecule has 0 saturated carbocycles. The Kier molecular flexibility index (Phi) is 5.40. The molecule has 0 aliphatic heterocycles. The first-order valence-corrected chi connectivity index (χ1v) is 9.80. The Balaban J connectivity index is 1.56. The van der Waals surface area contributed by atoms with E-state index in [-0.39, 0.29) is 0 Å². The van der Waals surface area contributed by atoms with Gasteiger partial charge in [0.2, 0.25) is 0 Å². The third-order valence-electron chi connectivity index (χ3n) is 4.74. The van der Waals surface area contributed by atoms with Crippen molar-refractivity contribution in [2.45, 2.75) is 25.7 Å². The molecule has 3 heteroatoms. The van der Waals surface area contributed by atoms with Gasteiger partial charge in [0.1, 0.15) is 5.82 Å². The predicted molar refractivity (Wildman–Crippen MR) is 117 cm³/mol. The number of allylic oxidation sites excluding steroid dienone is 4. The van der Waals surface area contributed by atoms with Gasteiger partial charge in [-0.2, -0.15) is 0 Å². The van der Waals surface area contributed by atoms with E-state index in [1.54, 1.807) is 0 Å². The van der Waals surface area contributed by atoms with Crippen molar-refractivity contribution in [3.8, 4) is 22.5 Å². The van der Waals surface area contributed by atoms with Crippen molar-refractivity contribution in [1.29, 1.82) is 0 Å². The van der Waals surface area contributed by atoms with E-state index in [2.05, 4.69) is 71.7 Å². The molecule has 2 nitrogen and oxygen atoms in total. The smallest absolute Gasteiger partial charge is 0.107 e. The second-order valence-corrected chi connectivity index (χ2v) is 7.31. The Morgan fingerprint density at radius 2 is 1.59 bits per heavy atom. The summed E-state index contributed by atoms with van der Waals surface area (Å²) in [5.41, 5.74) is 5.74. The largest absolute Gasteiger partial charge is 0.341 e. The average Bonchev–Trinajstić information content (AvgIpc) is 3.14. The van der Waals surface area contributed by atoms with Crippen molar-refractivity contribution < 1.29 is 0 Å². The number of imidazole rings is 1. The molecule has 1 aromatic heterocycles. The summed E-state index contributed by atoms with van der Waals surface area (Å²) in [5, 5.41) is 0. The van der Waals surface area contributed by atoms with E-state index in [9.17, 15) is 0 Å². The SMILES string of the molecule is S=C1C=C(CCCc2nc(-c3ccccc3)c(-c3ccccc3)[nH]2)C=CC1. The normalized spacial score (nSPS) is 13.6. The first-order valence-electron chi connectivity index (χ1n) is 9.39. The van der Waals surface area contributed by atoms with Gasteiger partial charge in [0.15, 0.2) is 0 Å². The highest BCUT2D eigenvalue weighted by Crippen LogP contribution is 2.30. The minimum absolute atomic E-state index is 0.901. The van der Waals surface area contributed by atoms with Gasteiger partial charge in [-0.1, -0.05) is 85.0 Å². The second-order valence-electron chi connectivity index (χ2n) is 6.78. The van der Waals surface area contributed by atoms with Crippen LogP contribution in [-0.2, 0) is 6.42 Å². The van der Waals surface area contributed by atoms with Crippen molar-refractivity contribution >= 4 is 17.1 Å². The van der Waals surface area contributed by atoms with Crippen LogP contribution in [0.1, 0.15) is 25.1 Å². The van der Waals surface area contributed by atoms with Crippen molar-refractivity contribution in [3.63, 3.8) is 0 Å². The zero-order chi connectivity index (χ0) is 18.5. The number of aryl methyl sites for hydroxylation is 1. The van der Waals surface area contributed by atoms with E-state index < -0.39 is 0 Å². The number of nitrogens with one attached hydrogen (secondary N) is 1. The summed E-state index contributed by atoms with van der Waals surface area (Å²) in [7, 11) is 0. The Morgan fingerprint density at radius 1 is 0.889 bits per heavy atom. The molecule has 27 heavy (non-hydrogen) atoms. The lowest BCUT2D eigenvalue weighted by Gasteiger charge is -2.06. The van der Waals surface area contributed by atoms with Crippen molar-refractivity contribution in [2.75, 3.05) is 0 Å². The number of benzene rings is 2. The molecular weight excluding hydrogens is 348 g/mol. The van der Waals surface area contributed by atoms with Crippen molar-refractivity contribution in [3.05, 3.63) is 90.3 Å². The number of rotatable bonds is 6. The van der Waals surface area contributed by atoms with Gasteiger partial charge in [0, 0.05) is 28.8 Å². The molecule has 0 fully saturated rings. The summed E-state index contributed by atoms with van der Waals surface area (Å²) in [5.74, 6) is 1.04. The molecule has 3 aromatic rings. The van der Waals surface area contributed by atoms with Crippen LogP contribution in [0.25, 0.3) is 22.5 Å². The third-order valence-corrected chi connectivity index (χ3v) is 5.02. The molecule has 0 bridgehead atoms. The summed E-state index contributed by atoms with van der Waals surface area (Å²) < 4.78 is 0. The van der Waals surface area contributed by atoms with Crippen molar-refractivity contribution in [2.24, 2.45) is 0 Å². The van der Waals surface area contributed by atoms with E-state index in [0.29, 0.717) is 0 Å². The predicted octanol–water partition coefficient (Wildman–Crippen LogP) is 6.32. The molecule has 134 valence electrons. The number of hydrogen-bond acceptors (Lipinski definition) is 2. The van der Waals surface area contributed by atoms with E-state index in [1.165, 1.54) is 11.1 Å². The third kappa shape index (κ3) is 4.32. The quantitative estimate of drug-likeness (QED) is 0.514. The van der Waals surface area contributed by atoms with Crippen LogP contribution in [0.2, 0.25) is 0 Å². The Labute approximate surface area is 165 Å². The van der Waals surface area contributed by atoms with Crippen LogP contribution < -0.4 is 0 Å². The van der Waals surface area contributed by atoms with Crippen molar-refractivity contribution in [1.82, 2.24) is 9.97 Å². The number of aromatic amines is 1. The fourth-order valence-corrected chi connectivity index (χ4v) is 3.66. The fourth-order valence-electron chi connectivity index (χ4n) is 3.42. The Morgan fingerprint density at radius 3 is 2.30 bits per heavy atom. The van der Waals surface area contributed by atoms with Crippen LogP contribution in [0.4, 0.5) is 0 Å². The molecule has 0 spiro atoms. The maximum absolute atomic E-state index is 5.31. The van der Waals surface area contributed by atoms with E-state index in [1.807, 2.05) is 12.1 Å². The van der Waals surface area contributed by atoms with Gasteiger partial charge in [0.05, 0.1) is 11.4 Å².